The smallest absolute Gasteiger partial charge is 0.143 e. The van der Waals surface area contributed by atoms with Crippen molar-refractivity contribution < 1.29 is 4.74 Å². The molecule has 0 saturated heterocycles. The largest absolute Gasteiger partial charge is 0.488 e. The van der Waals surface area contributed by atoms with Gasteiger partial charge in [-0.15, -0.1) is 0 Å². The number of nitrogen functional groups attached to an aromatic ring is 1. The number of ether oxygens (including phenoxy) is 1. The number of hydrogen-bond donors (Lipinski definition) is 2. The van der Waals surface area contributed by atoms with Crippen molar-refractivity contribution in [3.8, 4) is 17.0 Å². The van der Waals surface area contributed by atoms with Crippen molar-refractivity contribution in [1.82, 2.24) is 9.97 Å². The van der Waals surface area contributed by atoms with E-state index in [4.69, 9.17) is 16.2 Å². The third kappa shape index (κ3) is 3.62. The topological polar surface area (TPSA) is 90.3 Å². The van der Waals surface area contributed by atoms with Gasteiger partial charge in [0.25, 0.3) is 0 Å². The lowest BCUT2D eigenvalue weighted by molar-refractivity contribution is 0.147. The van der Waals surface area contributed by atoms with Gasteiger partial charge in [-0.3, -0.25) is 0 Å². The second-order valence-electron chi connectivity index (χ2n) is 9.31. The zero-order chi connectivity index (χ0) is 21.5. The number of nitrogens with two attached hydrogens (primary N) is 2. The molecule has 0 atom stereocenters. The molecule has 30 heavy (non-hydrogen) atoms. The summed E-state index contributed by atoms with van der Waals surface area (Å²) in [4.78, 5) is 11.3. The Morgan fingerprint density at radius 1 is 1.10 bits per heavy atom. The molecule has 1 fully saturated rings. The van der Waals surface area contributed by atoms with E-state index in [2.05, 4.69) is 54.7 Å². The molecular weight excluding hydrogens is 374 g/mol. The second-order valence-corrected chi connectivity index (χ2v) is 9.31. The first kappa shape index (κ1) is 20.9. The number of anilines is 2. The predicted molar refractivity (Wildman–Crippen MR) is 123 cm³/mol. The molecule has 0 spiro atoms. The third-order valence-electron chi connectivity index (χ3n) is 6.77. The van der Waals surface area contributed by atoms with Gasteiger partial charge in [-0.25, -0.2) is 9.97 Å². The number of aromatic nitrogens is 2. The summed E-state index contributed by atoms with van der Waals surface area (Å²) >= 11 is 0. The highest BCUT2D eigenvalue weighted by Crippen LogP contribution is 2.49. The van der Waals surface area contributed by atoms with Crippen molar-refractivity contribution in [2.45, 2.75) is 77.4 Å². The molecule has 2 aliphatic rings. The summed E-state index contributed by atoms with van der Waals surface area (Å²) in [6, 6.07) is 4.60. The van der Waals surface area contributed by atoms with Gasteiger partial charge in [-0.05, 0) is 69.1 Å². The minimum absolute atomic E-state index is 0.147. The third-order valence-corrected chi connectivity index (χ3v) is 6.77. The summed E-state index contributed by atoms with van der Waals surface area (Å²) < 4.78 is 6.61. The van der Waals surface area contributed by atoms with E-state index in [1.165, 1.54) is 11.3 Å². The van der Waals surface area contributed by atoms with E-state index >= 15 is 0 Å². The van der Waals surface area contributed by atoms with Crippen LogP contribution in [0.15, 0.2) is 18.5 Å². The molecule has 2 aliphatic carbocycles. The first-order valence-corrected chi connectivity index (χ1v) is 11.3. The van der Waals surface area contributed by atoms with Crippen LogP contribution in [0.4, 0.5) is 11.5 Å². The summed E-state index contributed by atoms with van der Waals surface area (Å²) in [6.07, 6.45) is 6.80. The molecule has 1 aromatic heterocycles. The van der Waals surface area contributed by atoms with Gasteiger partial charge in [0.15, 0.2) is 0 Å². The van der Waals surface area contributed by atoms with Crippen LogP contribution in [0.2, 0.25) is 0 Å². The van der Waals surface area contributed by atoms with E-state index in [1.807, 2.05) is 0 Å². The Kier molecular flexibility index (Phi) is 5.62. The van der Waals surface area contributed by atoms with Crippen molar-refractivity contribution in [3.63, 3.8) is 0 Å². The Labute approximate surface area is 180 Å². The summed E-state index contributed by atoms with van der Waals surface area (Å²) in [5.41, 5.74) is 17.9. The quantitative estimate of drug-likeness (QED) is 0.774. The van der Waals surface area contributed by atoms with Crippen molar-refractivity contribution in [1.29, 1.82) is 0 Å². The molecule has 1 saturated carbocycles. The predicted octanol–water partition coefficient (Wildman–Crippen LogP) is 4.05. The average Bonchev–Trinajstić information content (AvgIpc) is 2.71. The highest BCUT2D eigenvalue weighted by Gasteiger charge is 2.37. The molecule has 0 unspecified atom stereocenters. The van der Waals surface area contributed by atoms with Gasteiger partial charge in [0, 0.05) is 30.3 Å². The zero-order valence-electron chi connectivity index (χ0n) is 18.7. The van der Waals surface area contributed by atoms with Gasteiger partial charge in [0.2, 0.25) is 0 Å². The minimum Gasteiger partial charge on any atom is -0.488 e. The zero-order valence-corrected chi connectivity index (χ0v) is 18.7. The van der Waals surface area contributed by atoms with E-state index in [1.54, 1.807) is 6.33 Å². The first-order chi connectivity index (χ1) is 14.4. The fraction of sp³-hybridized carbons (Fsp3) is 0.583. The van der Waals surface area contributed by atoms with Crippen LogP contribution in [0.1, 0.15) is 64.5 Å². The lowest BCUT2D eigenvalue weighted by Crippen LogP contribution is -2.33. The summed E-state index contributed by atoms with van der Waals surface area (Å²) in [5.74, 6) is 1.57. The van der Waals surface area contributed by atoms with Gasteiger partial charge in [-0.1, -0.05) is 13.8 Å². The Bertz CT molecular complexity index is 914. The second kappa shape index (κ2) is 8.06. The van der Waals surface area contributed by atoms with Crippen LogP contribution in [0.25, 0.3) is 11.3 Å². The summed E-state index contributed by atoms with van der Waals surface area (Å²) in [6.45, 7) is 10.7. The summed E-state index contributed by atoms with van der Waals surface area (Å²) in [5, 5.41) is 0. The molecule has 6 heteroatoms. The highest BCUT2D eigenvalue weighted by molar-refractivity contribution is 5.83. The van der Waals surface area contributed by atoms with E-state index in [0.29, 0.717) is 11.9 Å². The number of nitrogens with zero attached hydrogens (tertiary/aromatic N) is 3. The minimum atomic E-state index is -0.147. The number of fused-ring (bicyclic) bond motifs is 3. The van der Waals surface area contributed by atoms with Crippen molar-refractivity contribution in [2.75, 3.05) is 23.7 Å². The van der Waals surface area contributed by atoms with Crippen LogP contribution in [0.3, 0.4) is 0 Å². The Morgan fingerprint density at radius 2 is 1.80 bits per heavy atom. The number of hydrogen-bond acceptors (Lipinski definition) is 6. The molecule has 1 aromatic carbocycles. The maximum atomic E-state index is 6.61. The molecule has 0 radical (unpaired) electrons. The molecule has 0 aliphatic heterocycles. The highest BCUT2D eigenvalue weighted by atomic mass is 16.5. The summed E-state index contributed by atoms with van der Waals surface area (Å²) in [7, 11) is 0. The molecular formula is C24H35N5O. The Balaban J connectivity index is 1.84. The van der Waals surface area contributed by atoms with Crippen LogP contribution >= 0.6 is 0 Å². The number of benzene rings is 1. The molecule has 1 heterocycles. The molecule has 4 rings (SSSR count). The molecule has 4 N–H and O–H groups in total. The molecule has 0 amide bonds. The lowest BCUT2D eigenvalue weighted by Gasteiger charge is -2.38. The van der Waals surface area contributed by atoms with Gasteiger partial charge >= 0.3 is 0 Å². The Hall–Kier alpha value is -2.34. The van der Waals surface area contributed by atoms with Crippen LogP contribution in [-0.4, -0.2) is 35.2 Å². The lowest BCUT2D eigenvalue weighted by atomic mass is 9.71. The molecule has 0 bridgehead atoms. The van der Waals surface area contributed by atoms with Gasteiger partial charge in [-0.2, -0.15) is 0 Å². The van der Waals surface area contributed by atoms with Gasteiger partial charge in [0.05, 0.1) is 17.5 Å². The molecule has 6 nitrogen and oxygen atoms in total. The normalized spacial score (nSPS) is 22.2. The van der Waals surface area contributed by atoms with E-state index in [0.717, 1.165) is 67.8 Å². The monoisotopic (exact) mass is 409 g/mol. The fourth-order valence-corrected chi connectivity index (χ4v) is 5.18. The van der Waals surface area contributed by atoms with Crippen LogP contribution in [0, 0.1) is 0 Å². The maximum Gasteiger partial charge on any atom is 0.143 e. The maximum absolute atomic E-state index is 6.61. The van der Waals surface area contributed by atoms with Crippen LogP contribution < -0.4 is 21.1 Å². The van der Waals surface area contributed by atoms with E-state index in [-0.39, 0.29) is 11.5 Å². The molecule has 162 valence electrons. The Morgan fingerprint density at radius 3 is 2.47 bits per heavy atom. The van der Waals surface area contributed by atoms with Crippen LogP contribution in [0.5, 0.6) is 5.75 Å². The molecule has 2 aromatic rings. The standard InChI is InChI=1S/C24H35N5O/c1-5-29(6-2)22-18-13-24(3,4)20-21(27-14-28-23(20)26)17(18)11-12-19(22)30-16-9-7-15(25)8-10-16/h11-12,14-16H,5-10,13,25H2,1-4H3,(H2,26,27,28)/t15-,16-. The first-order valence-electron chi connectivity index (χ1n) is 11.3. The van der Waals surface area contributed by atoms with Crippen molar-refractivity contribution in [2.24, 2.45) is 5.73 Å². The SMILES string of the molecule is CCN(CC)c1c(O[C@H]2CC[C@H](N)CC2)ccc2c1CC(C)(C)c1c(N)ncnc1-2. The van der Waals surface area contributed by atoms with E-state index in [9.17, 15) is 0 Å². The van der Waals surface area contributed by atoms with Crippen molar-refractivity contribution in [3.05, 3.63) is 29.6 Å². The van der Waals surface area contributed by atoms with Gasteiger partial charge < -0.3 is 21.1 Å². The number of rotatable bonds is 5. The van der Waals surface area contributed by atoms with Crippen molar-refractivity contribution >= 4 is 11.5 Å². The fourth-order valence-electron chi connectivity index (χ4n) is 5.18. The van der Waals surface area contributed by atoms with Crippen LogP contribution in [-0.2, 0) is 11.8 Å². The van der Waals surface area contributed by atoms with Gasteiger partial charge in [0.1, 0.15) is 17.9 Å². The average molecular weight is 410 g/mol. The van der Waals surface area contributed by atoms with E-state index < -0.39 is 0 Å².